The molecule has 4 heterocycles. The minimum Gasteiger partial charge on any atom is -0.454 e. The van der Waals surface area contributed by atoms with Crippen LogP contribution in [0.1, 0.15) is 45.6 Å². The fraction of sp³-hybridized carbons (Fsp3) is 0.280. The molecule has 1 N–H and O–H groups in total. The number of benzene rings is 2. The lowest BCUT2D eigenvalue weighted by Crippen LogP contribution is -2.31. The smallest absolute Gasteiger partial charge is 0.261 e. The van der Waals surface area contributed by atoms with E-state index in [1.807, 2.05) is 18.2 Å². The zero-order valence-corrected chi connectivity index (χ0v) is 19.4. The van der Waals surface area contributed by atoms with Crippen molar-refractivity contribution in [2.24, 2.45) is 4.99 Å². The summed E-state index contributed by atoms with van der Waals surface area (Å²) in [5.41, 5.74) is 3.58. The summed E-state index contributed by atoms with van der Waals surface area (Å²) in [6.07, 6.45) is 1.20. The number of imide groups is 1. The van der Waals surface area contributed by atoms with Gasteiger partial charge in [0, 0.05) is 24.3 Å². The summed E-state index contributed by atoms with van der Waals surface area (Å²) >= 11 is 1.71. The molecular formula is C25H22N4O4S. The summed E-state index contributed by atoms with van der Waals surface area (Å²) in [7, 11) is 0. The first-order chi connectivity index (χ1) is 16.6. The number of imidazole rings is 1. The number of H-pyrrole nitrogens is 1. The van der Waals surface area contributed by atoms with Crippen molar-refractivity contribution >= 4 is 28.6 Å². The first-order valence-corrected chi connectivity index (χ1v) is 12.2. The highest BCUT2D eigenvalue weighted by Crippen LogP contribution is 2.37. The van der Waals surface area contributed by atoms with E-state index in [0.29, 0.717) is 36.3 Å². The average molecular weight is 475 g/mol. The number of carbonyl (C=O) groups excluding carboxylic acids is 2. The van der Waals surface area contributed by atoms with Crippen LogP contribution in [-0.2, 0) is 6.42 Å². The molecule has 0 aliphatic carbocycles. The lowest BCUT2D eigenvalue weighted by atomic mass is 10.1. The van der Waals surface area contributed by atoms with Crippen LogP contribution in [0.15, 0.2) is 47.5 Å². The van der Waals surface area contributed by atoms with Crippen molar-refractivity contribution in [2.45, 2.75) is 25.8 Å². The summed E-state index contributed by atoms with van der Waals surface area (Å²) in [5.74, 6) is 2.70. The molecule has 1 unspecified atom stereocenters. The summed E-state index contributed by atoms with van der Waals surface area (Å²) in [6.45, 7) is 2.66. The maximum absolute atomic E-state index is 12.6. The maximum Gasteiger partial charge on any atom is 0.261 e. The number of hydrogen-bond donors (Lipinski definition) is 1. The van der Waals surface area contributed by atoms with Crippen LogP contribution >= 0.6 is 11.8 Å². The van der Waals surface area contributed by atoms with Crippen LogP contribution in [0.2, 0.25) is 0 Å². The van der Waals surface area contributed by atoms with Crippen LogP contribution in [0, 0.1) is 0 Å². The van der Waals surface area contributed by atoms with E-state index in [0.717, 1.165) is 39.3 Å². The normalized spacial score (nSPS) is 18.6. The SMILES string of the molecule is CC1CSC(c2[nH]c(CCCN3C(=O)c4ccccc4C3=O)nc2-c2ccc3c(c2)OCO3)=N1. The van der Waals surface area contributed by atoms with E-state index in [4.69, 9.17) is 19.5 Å². The summed E-state index contributed by atoms with van der Waals surface area (Å²) in [6, 6.07) is 13.0. The monoisotopic (exact) mass is 474 g/mol. The van der Waals surface area contributed by atoms with E-state index in [2.05, 4.69) is 11.9 Å². The number of fused-ring (bicyclic) bond motifs is 2. The summed E-state index contributed by atoms with van der Waals surface area (Å²) < 4.78 is 11.0. The third kappa shape index (κ3) is 3.56. The van der Waals surface area contributed by atoms with E-state index in [9.17, 15) is 9.59 Å². The zero-order chi connectivity index (χ0) is 23.2. The molecule has 0 spiro atoms. The molecular weight excluding hydrogens is 452 g/mol. The van der Waals surface area contributed by atoms with Crippen LogP contribution in [0.3, 0.4) is 0 Å². The number of nitrogens with one attached hydrogen (secondary N) is 1. The van der Waals surface area contributed by atoms with Crippen LogP contribution in [0.4, 0.5) is 0 Å². The van der Waals surface area contributed by atoms with Gasteiger partial charge in [-0.25, -0.2) is 4.98 Å². The van der Waals surface area contributed by atoms with Gasteiger partial charge in [0.25, 0.3) is 11.8 Å². The minimum absolute atomic E-state index is 0.218. The molecule has 0 bridgehead atoms. The Labute approximate surface area is 200 Å². The Hall–Kier alpha value is -3.59. The molecule has 0 radical (unpaired) electrons. The van der Waals surface area contributed by atoms with Crippen LogP contribution < -0.4 is 9.47 Å². The van der Waals surface area contributed by atoms with Crippen molar-refractivity contribution in [3.63, 3.8) is 0 Å². The van der Waals surface area contributed by atoms with Crippen LogP contribution in [-0.4, -0.2) is 56.9 Å². The second-order valence-corrected chi connectivity index (χ2v) is 9.49. The molecule has 2 amide bonds. The van der Waals surface area contributed by atoms with Crippen molar-refractivity contribution in [1.29, 1.82) is 0 Å². The molecule has 6 rings (SSSR count). The van der Waals surface area contributed by atoms with Gasteiger partial charge in [-0.1, -0.05) is 12.1 Å². The number of aromatic amines is 1. The molecule has 9 heteroatoms. The Balaban J connectivity index is 1.23. The number of aromatic nitrogens is 2. The first kappa shape index (κ1) is 21.0. The van der Waals surface area contributed by atoms with Crippen molar-refractivity contribution in [1.82, 2.24) is 14.9 Å². The zero-order valence-electron chi connectivity index (χ0n) is 18.5. The number of aryl methyl sites for hydroxylation is 1. The van der Waals surface area contributed by atoms with E-state index >= 15 is 0 Å². The fourth-order valence-corrected chi connectivity index (χ4v) is 5.43. The Morgan fingerprint density at radius 2 is 1.85 bits per heavy atom. The quantitative estimate of drug-likeness (QED) is 0.544. The van der Waals surface area contributed by atoms with Gasteiger partial charge in [0.05, 0.1) is 28.6 Å². The van der Waals surface area contributed by atoms with Gasteiger partial charge in [-0.3, -0.25) is 19.5 Å². The van der Waals surface area contributed by atoms with Gasteiger partial charge in [0.2, 0.25) is 6.79 Å². The number of ether oxygens (including phenoxy) is 2. The standard InChI is InChI=1S/C25H22N4O4S/c1-14-12-34-23(26-14)22-21(15-8-9-18-19(11-15)33-13-32-18)27-20(28-22)7-4-10-29-24(30)16-5-2-3-6-17(16)25(29)31/h2-3,5-6,8-9,11,14H,4,7,10,12-13H2,1H3,(H,27,28). The van der Waals surface area contributed by atoms with Gasteiger partial charge in [-0.15, -0.1) is 11.8 Å². The fourth-order valence-electron chi connectivity index (χ4n) is 4.41. The molecule has 172 valence electrons. The van der Waals surface area contributed by atoms with Crippen molar-refractivity contribution < 1.29 is 19.1 Å². The topological polar surface area (TPSA) is 96.9 Å². The van der Waals surface area contributed by atoms with Gasteiger partial charge in [0.15, 0.2) is 11.5 Å². The number of aliphatic imine (C=N–C) groups is 1. The third-order valence-corrected chi connectivity index (χ3v) is 7.32. The molecule has 3 aromatic rings. The molecule has 0 fully saturated rings. The van der Waals surface area contributed by atoms with Crippen LogP contribution in [0.25, 0.3) is 11.3 Å². The Kier molecular flexibility index (Phi) is 5.13. The molecule has 8 nitrogen and oxygen atoms in total. The van der Waals surface area contributed by atoms with Gasteiger partial charge < -0.3 is 14.5 Å². The van der Waals surface area contributed by atoms with Gasteiger partial charge in [-0.2, -0.15) is 0 Å². The molecule has 0 saturated carbocycles. The summed E-state index contributed by atoms with van der Waals surface area (Å²) in [5, 5.41) is 0.944. The van der Waals surface area contributed by atoms with Crippen molar-refractivity contribution in [3.8, 4) is 22.8 Å². The number of hydrogen-bond acceptors (Lipinski definition) is 7. The van der Waals surface area contributed by atoms with Gasteiger partial charge >= 0.3 is 0 Å². The highest BCUT2D eigenvalue weighted by atomic mass is 32.2. The third-order valence-electron chi connectivity index (χ3n) is 6.09. The Morgan fingerprint density at radius 1 is 1.09 bits per heavy atom. The minimum atomic E-state index is -0.229. The lowest BCUT2D eigenvalue weighted by molar-refractivity contribution is 0.0652. The Bertz CT molecular complexity index is 1310. The second-order valence-electron chi connectivity index (χ2n) is 8.48. The van der Waals surface area contributed by atoms with Gasteiger partial charge in [0.1, 0.15) is 10.9 Å². The molecule has 1 aromatic heterocycles. The second kappa shape index (κ2) is 8.32. The van der Waals surface area contributed by atoms with Crippen LogP contribution in [0.5, 0.6) is 11.5 Å². The predicted octanol–water partition coefficient (Wildman–Crippen LogP) is 3.92. The highest BCUT2D eigenvalue weighted by molar-refractivity contribution is 8.14. The molecule has 3 aliphatic rings. The van der Waals surface area contributed by atoms with E-state index in [1.165, 1.54) is 4.90 Å². The highest BCUT2D eigenvalue weighted by Gasteiger charge is 2.34. The van der Waals surface area contributed by atoms with Crippen molar-refractivity contribution in [3.05, 3.63) is 65.1 Å². The van der Waals surface area contributed by atoms with Crippen molar-refractivity contribution in [2.75, 3.05) is 19.1 Å². The number of thioether (sulfide) groups is 1. The van der Waals surface area contributed by atoms with E-state index in [-0.39, 0.29) is 24.6 Å². The number of carbonyl (C=O) groups is 2. The maximum atomic E-state index is 12.6. The molecule has 2 aromatic carbocycles. The molecule has 0 saturated heterocycles. The largest absolute Gasteiger partial charge is 0.454 e. The molecule has 1 atom stereocenters. The molecule has 3 aliphatic heterocycles. The van der Waals surface area contributed by atoms with Gasteiger partial charge in [-0.05, 0) is 43.7 Å². The number of rotatable bonds is 6. The predicted molar refractivity (Wildman–Crippen MR) is 129 cm³/mol. The molecule has 34 heavy (non-hydrogen) atoms. The first-order valence-electron chi connectivity index (χ1n) is 11.2. The Morgan fingerprint density at radius 3 is 2.59 bits per heavy atom. The number of amides is 2. The van der Waals surface area contributed by atoms with E-state index < -0.39 is 0 Å². The average Bonchev–Trinajstić information content (AvgIpc) is 3.62. The van der Waals surface area contributed by atoms with E-state index in [1.54, 1.807) is 36.0 Å². The number of nitrogens with zero attached hydrogens (tertiary/aromatic N) is 3. The lowest BCUT2D eigenvalue weighted by Gasteiger charge is -2.12. The summed E-state index contributed by atoms with van der Waals surface area (Å²) in [4.78, 5) is 39.7.